The first-order valence-electron chi connectivity index (χ1n) is 11.4. The van der Waals surface area contributed by atoms with E-state index in [1.165, 1.54) is 59.2 Å². The van der Waals surface area contributed by atoms with E-state index in [1.807, 2.05) is 42.5 Å². The van der Waals surface area contributed by atoms with Gasteiger partial charge in [-0.15, -0.1) is 18.3 Å². The first-order valence-corrected chi connectivity index (χ1v) is 11.9. The number of rotatable bonds is 9. The molecule has 1 fully saturated rings. The average molecular weight is 523 g/mol. The molecule has 3 aromatic carbocycles. The fourth-order valence-corrected chi connectivity index (χ4v) is 3.95. The summed E-state index contributed by atoms with van der Waals surface area (Å²) >= 11 is 5.19. The van der Waals surface area contributed by atoms with Crippen LogP contribution in [0.15, 0.2) is 84.2 Å². The van der Waals surface area contributed by atoms with Gasteiger partial charge in [0.05, 0.1) is 23.1 Å². The third kappa shape index (κ3) is 6.12. The molecule has 0 saturated heterocycles. The van der Waals surface area contributed by atoms with E-state index in [4.69, 9.17) is 12.2 Å². The number of nitrogens with one attached hydrogen (secondary N) is 1. The highest BCUT2D eigenvalue weighted by molar-refractivity contribution is 7.79. The molecule has 188 valence electrons. The van der Waals surface area contributed by atoms with Crippen molar-refractivity contribution in [1.82, 2.24) is 20.3 Å². The molecule has 0 aliphatic heterocycles. The lowest BCUT2D eigenvalue weighted by atomic mass is 10.1. The van der Waals surface area contributed by atoms with Crippen molar-refractivity contribution in [2.45, 2.75) is 25.1 Å². The zero-order chi connectivity index (χ0) is 25.8. The molecule has 11 heteroatoms. The summed E-state index contributed by atoms with van der Waals surface area (Å²) in [5.41, 5.74) is 8.95. The standard InChI is InChI=1S/C26H21F3N6OS/c27-26(28,29)36-22-13-11-21(12-14-22)34-16-30-25(32-34)20-7-5-18(6-8-20)15-31-33-35(17-37)24-4-2-1-3-23(24)19-9-10-19/h1-8,11-17,19,33H,9-10H2/b31-15+. The van der Waals surface area contributed by atoms with Crippen LogP contribution in [0.25, 0.3) is 17.1 Å². The van der Waals surface area contributed by atoms with Crippen LogP contribution >= 0.6 is 12.2 Å². The largest absolute Gasteiger partial charge is 0.573 e. The van der Waals surface area contributed by atoms with Gasteiger partial charge in [-0.3, -0.25) is 0 Å². The predicted molar refractivity (Wildman–Crippen MR) is 139 cm³/mol. The molecule has 4 aromatic rings. The van der Waals surface area contributed by atoms with Crippen molar-refractivity contribution in [2.24, 2.45) is 5.10 Å². The molecule has 1 saturated carbocycles. The Balaban J connectivity index is 1.22. The third-order valence-electron chi connectivity index (χ3n) is 5.69. The number of hydrogen-bond donors (Lipinski definition) is 1. The van der Waals surface area contributed by atoms with Gasteiger partial charge >= 0.3 is 6.36 Å². The summed E-state index contributed by atoms with van der Waals surface area (Å²) in [6.07, 6.45) is 0.821. The number of para-hydroxylation sites is 1. The molecule has 0 radical (unpaired) electrons. The molecule has 0 amide bonds. The first-order chi connectivity index (χ1) is 17.9. The first kappa shape index (κ1) is 24.4. The zero-order valence-corrected chi connectivity index (χ0v) is 20.2. The fourth-order valence-electron chi connectivity index (χ4n) is 3.78. The molecule has 1 aromatic heterocycles. The second-order valence-corrected chi connectivity index (χ2v) is 8.55. The van der Waals surface area contributed by atoms with Crippen LogP contribution in [-0.2, 0) is 0 Å². The smallest absolute Gasteiger partial charge is 0.406 e. The van der Waals surface area contributed by atoms with Gasteiger partial charge in [0.15, 0.2) is 5.82 Å². The number of anilines is 1. The Kier molecular flexibility index (Phi) is 6.87. The van der Waals surface area contributed by atoms with Gasteiger partial charge in [0.2, 0.25) is 0 Å². The van der Waals surface area contributed by atoms with E-state index in [0.717, 1.165) is 16.8 Å². The molecule has 0 bridgehead atoms. The van der Waals surface area contributed by atoms with Crippen molar-refractivity contribution in [1.29, 1.82) is 0 Å². The summed E-state index contributed by atoms with van der Waals surface area (Å²) in [4.78, 5) is 4.30. The molecule has 1 N–H and O–H groups in total. The third-order valence-corrected chi connectivity index (χ3v) is 5.90. The van der Waals surface area contributed by atoms with Gasteiger partial charge in [0.25, 0.3) is 0 Å². The quantitative estimate of drug-likeness (QED) is 0.165. The van der Waals surface area contributed by atoms with Gasteiger partial charge in [-0.1, -0.05) is 54.7 Å². The number of aromatic nitrogens is 3. The Morgan fingerprint density at radius 2 is 1.76 bits per heavy atom. The minimum Gasteiger partial charge on any atom is -0.406 e. The molecule has 0 unspecified atom stereocenters. The molecule has 0 atom stereocenters. The van der Waals surface area contributed by atoms with Gasteiger partial charge in [-0.05, 0) is 60.2 Å². The van der Waals surface area contributed by atoms with E-state index in [9.17, 15) is 13.2 Å². The SMILES string of the molecule is FC(F)(F)Oc1ccc(-n2cnc(-c3ccc(/C=N/NN(C=S)c4ccccc4C4CC4)cc3)n2)cc1. The van der Waals surface area contributed by atoms with E-state index in [1.54, 1.807) is 11.2 Å². The number of hydrazone groups is 1. The molecule has 1 aliphatic carbocycles. The van der Waals surface area contributed by atoms with Crippen molar-refractivity contribution in [3.05, 3.63) is 90.3 Å². The van der Waals surface area contributed by atoms with E-state index in [2.05, 4.69) is 31.5 Å². The normalized spacial score (nSPS) is 13.5. The van der Waals surface area contributed by atoms with Crippen LogP contribution < -0.4 is 15.3 Å². The van der Waals surface area contributed by atoms with Gasteiger partial charge in [-0.25, -0.2) is 20.2 Å². The molecule has 1 heterocycles. The number of benzene rings is 3. The summed E-state index contributed by atoms with van der Waals surface area (Å²) in [6.45, 7) is 0. The molecule has 37 heavy (non-hydrogen) atoms. The second-order valence-electron chi connectivity index (χ2n) is 8.34. The van der Waals surface area contributed by atoms with Crippen LogP contribution in [0.2, 0.25) is 0 Å². The summed E-state index contributed by atoms with van der Waals surface area (Å²) in [5.74, 6) is 0.747. The van der Waals surface area contributed by atoms with Gasteiger partial charge in [-0.2, -0.15) is 5.10 Å². The van der Waals surface area contributed by atoms with Crippen LogP contribution in [0.5, 0.6) is 5.75 Å². The lowest BCUT2D eigenvalue weighted by Crippen LogP contribution is -2.33. The van der Waals surface area contributed by atoms with Crippen molar-refractivity contribution >= 4 is 29.6 Å². The maximum Gasteiger partial charge on any atom is 0.573 e. The maximum atomic E-state index is 12.3. The van der Waals surface area contributed by atoms with Crippen LogP contribution in [0.4, 0.5) is 18.9 Å². The molecule has 7 nitrogen and oxygen atoms in total. The highest BCUT2D eigenvalue weighted by Crippen LogP contribution is 2.43. The number of halogens is 3. The van der Waals surface area contributed by atoms with Crippen LogP contribution in [0, 0.1) is 0 Å². The van der Waals surface area contributed by atoms with Gasteiger partial charge in [0, 0.05) is 5.56 Å². The average Bonchev–Trinajstić information content (AvgIpc) is 3.63. The monoisotopic (exact) mass is 522 g/mol. The zero-order valence-electron chi connectivity index (χ0n) is 19.3. The van der Waals surface area contributed by atoms with E-state index in [-0.39, 0.29) is 5.75 Å². The Morgan fingerprint density at radius 1 is 1.03 bits per heavy atom. The van der Waals surface area contributed by atoms with Gasteiger partial charge in [0.1, 0.15) is 12.1 Å². The summed E-state index contributed by atoms with van der Waals surface area (Å²) in [7, 11) is 0. The van der Waals surface area contributed by atoms with Crippen molar-refractivity contribution < 1.29 is 17.9 Å². The Morgan fingerprint density at radius 3 is 2.43 bits per heavy atom. The summed E-state index contributed by atoms with van der Waals surface area (Å²) in [6, 6.07) is 21.0. The lowest BCUT2D eigenvalue weighted by molar-refractivity contribution is -0.274. The Bertz CT molecular complexity index is 1400. The number of nitrogens with zero attached hydrogens (tertiary/aromatic N) is 5. The highest BCUT2D eigenvalue weighted by Gasteiger charge is 2.31. The van der Waals surface area contributed by atoms with Crippen LogP contribution in [0.3, 0.4) is 0 Å². The Labute approximate surface area is 216 Å². The minimum atomic E-state index is -4.74. The number of hydrazine groups is 1. The molecular weight excluding hydrogens is 501 g/mol. The highest BCUT2D eigenvalue weighted by atomic mass is 32.1. The molecule has 1 aliphatic rings. The number of ether oxygens (including phenoxy) is 1. The van der Waals surface area contributed by atoms with Crippen LogP contribution in [-0.4, -0.2) is 32.8 Å². The topological polar surface area (TPSA) is 67.6 Å². The fraction of sp³-hybridized carbons (Fsp3) is 0.154. The van der Waals surface area contributed by atoms with Crippen molar-refractivity contribution in [3.8, 4) is 22.8 Å². The maximum absolute atomic E-state index is 12.3. The van der Waals surface area contributed by atoms with Gasteiger partial charge < -0.3 is 4.74 Å². The second kappa shape index (κ2) is 10.4. The molecule has 5 rings (SSSR count). The predicted octanol–water partition coefficient (Wildman–Crippen LogP) is 6.01. The van der Waals surface area contributed by atoms with E-state index < -0.39 is 6.36 Å². The van der Waals surface area contributed by atoms with E-state index >= 15 is 0 Å². The summed E-state index contributed by atoms with van der Waals surface area (Å²) < 4.78 is 42.4. The minimum absolute atomic E-state index is 0.302. The molecular formula is C26H21F3N6OS. The van der Waals surface area contributed by atoms with Crippen LogP contribution in [0.1, 0.15) is 29.9 Å². The Hall–Kier alpha value is -4.25. The van der Waals surface area contributed by atoms with Crippen molar-refractivity contribution in [3.63, 3.8) is 0 Å². The number of hydrogen-bond acceptors (Lipinski definition) is 6. The van der Waals surface area contributed by atoms with Crippen molar-refractivity contribution in [2.75, 3.05) is 5.01 Å². The molecule has 0 spiro atoms. The number of alkyl halides is 3. The number of thiocarbonyl (C=S) groups is 1. The summed E-state index contributed by atoms with van der Waals surface area (Å²) in [5, 5.41) is 10.5. The van der Waals surface area contributed by atoms with E-state index in [0.29, 0.717) is 17.4 Å². The lowest BCUT2D eigenvalue weighted by Gasteiger charge is -2.20.